The molecule has 72 valence electrons. The van der Waals surface area contributed by atoms with Crippen molar-refractivity contribution in [2.75, 3.05) is 5.73 Å². The molecule has 0 unspecified atom stereocenters. The second-order valence-electron chi connectivity index (χ2n) is 3.27. The molecule has 2 rings (SSSR count). The molecule has 2 aromatic rings. The number of pyridine rings is 1. The Morgan fingerprint density at radius 3 is 2.79 bits per heavy atom. The molecule has 14 heavy (non-hydrogen) atoms. The van der Waals surface area contributed by atoms with Crippen molar-refractivity contribution in [3.8, 4) is 11.1 Å². The van der Waals surface area contributed by atoms with Gasteiger partial charge in [0.15, 0.2) is 0 Å². The first kappa shape index (κ1) is 8.74. The number of aryl methyl sites for hydroxylation is 2. The molecule has 0 atom stereocenters. The summed E-state index contributed by atoms with van der Waals surface area (Å²) in [5.41, 5.74) is 8.77. The summed E-state index contributed by atoms with van der Waals surface area (Å²) in [4.78, 5) is 3.95. The molecular formula is C10H12N4. The van der Waals surface area contributed by atoms with Crippen LogP contribution < -0.4 is 5.73 Å². The van der Waals surface area contributed by atoms with E-state index in [2.05, 4.69) is 10.1 Å². The van der Waals surface area contributed by atoms with Crippen LogP contribution in [0.3, 0.4) is 0 Å². The number of nitrogens with two attached hydrogens (primary N) is 1. The van der Waals surface area contributed by atoms with E-state index in [-0.39, 0.29) is 0 Å². The van der Waals surface area contributed by atoms with E-state index in [1.54, 1.807) is 10.9 Å². The minimum absolute atomic E-state index is 0.533. The molecule has 0 saturated heterocycles. The van der Waals surface area contributed by atoms with Crippen LogP contribution >= 0.6 is 0 Å². The van der Waals surface area contributed by atoms with Crippen molar-refractivity contribution in [3.05, 3.63) is 30.2 Å². The Labute approximate surface area is 82.4 Å². The molecule has 0 radical (unpaired) electrons. The molecule has 4 heteroatoms. The third-order valence-electron chi connectivity index (χ3n) is 2.11. The van der Waals surface area contributed by atoms with Crippen molar-refractivity contribution in [1.82, 2.24) is 14.8 Å². The predicted octanol–water partition coefficient (Wildman–Crippen LogP) is 1.37. The molecule has 2 heterocycles. The molecule has 0 aliphatic rings. The van der Waals surface area contributed by atoms with Crippen LogP contribution in [-0.4, -0.2) is 14.8 Å². The summed E-state index contributed by atoms with van der Waals surface area (Å²) in [6, 6.07) is 3.78. The summed E-state index contributed by atoms with van der Waals surface area (Å²) in [6.45, 7) is 1.98. The summed E-state index contributed by atoms with van der Waals surface area (Å²) in [6.07, 6.45) is 3.68. The lowest BCUT2D eigenvalue weighted by Crippen LogP contribution is -1.89. The maximum absolute atomic E-state index is 5.61. The summed E-state index contributed by atoms with van der Waals surface area (Å²) in [5, 5.41) is 4.27. The Morgan fingerprint density at radius 1 is 1.43 bits per heavy atom. The largest absolute Gasteiger partial charge is 0.384 e. The maximum Gasteiger partial charge on any atom is 0.123 e. The fourth-order valence-electron chi connectivity index (χ4n) is 1.50. The van der Waals surface area contributed by atoms with Gasteiger partial charge in [0, 0.05) is 25.0 Å². The molecule has 4 nitrogen and oxygen atoms in total. The third-order valence-corrected chi connectivity index (χ3v) is 2.11. The highest BCUT2D eigenvalue weighted by Crippen LogP contribution is 2.22. The first-order valence-corrected chi connectivity index (χ1v) is 4.39. The van der Waals surface area contributed by atoms with Gasteiger partial charge < -0.3 is 5.73 Å². The predicted molar refractivity (Wildman–Crippen MR) is 55.6 cm³/mol. The van der Waals surface area contributed by atoms with Crippen molar-refractivity contribution in [2.45, 2.75) is 6.92 Å². The molecule has 0 spiro atoms. The minimum atomic E-state index is 0.533. The average Bonchev–Trinajstić information content (AvgIpc) is 2.45. The molecule has 0 aromatic carbocycles. The number of hydrogen-bond acceptors (Lipinski definition) is 3. The topological polar surface area (TPSA) is 56.7 Å². The summed E-state index contributed by atoms with van der Waals surface area (Å²) < 4.78 is 1.79. The normalized spacial score (nSPS) is 10.4. The second kappa shape index (κ2) is 3.14. The van der Waals surface area contributed by atoms with Crippen LogP contribution in [0, 0.1) is 6.92 Å². The molecule has 2 aromatic heterocycles. The van der Waals surface area contributed by atoms with E-state index in [9.17, 15) is 0 Å². The number of aromatic nitrogens is 3. The Balaban J connectivity index is 2.54. The van der Waals surface area contributed by atoms with E-state index in [0.29, 0.717) is 5.82 Å². The standard InChI is InChI=1S/C10H12N4/c1-7-9(6-14(2)13-7)8-3-4-12-10(11)5-8/h3-6H,1-2H3,(H2,11,12). The zero-order valence-electron chi connectivity index (χ0n) is 8.23. The number of rotatable bonds is 1. The van der Waals surface area contributed by atoms with Crippen molar-refractivity contribution >= 4 is 5.82 Å². The number of nitrogens with zero attached hydrogens (tertiary/aromatic N) is 3. The van der Waals surface area contributed by atoms with Gasteiger partial charge >= 0.3 is 0 Å². The van der Waals surface area contributed by atoms with Crippen LogP contribution in [0.15, 0.2) is 24.5 Å². The number of nitrogen functional groups attached to an aromatic ring is 1. The van der Waals surface area contributed by atoms with Gasteiger partial charge in [0.2, 0.25) is 0 Å². The second-order valence-corrected chi connectivity index (χ2v) is 3.27. The fourth-order valence-corrected chi connectivity index (χ4v) is 1.50. The molecule has 0 saturated carbocycles. The highest BCUT2D eigenvalue weighted by molar-refractivity contribution is 5.66. The van der Waals surface area contributed by atoms with Gasteiger partial charge in [-0.2, -0.15) is 5.10 Å². The van der Waals surface area contributed by atoms with Crippen LogP contribution in [0.25, 0.3) is 11.1 Å². The van der Waals surface area contributed by atoms with E-state index in [4.69, 9.17) is 5.73 Å². The van der Waals surface area contributed by atoms with Crippen LogP contribution in [-0.2, 0) is 7.05 Å². The molecule has 0 bridgehead atoms. The smallest absolute Gasteiger partial charge is 0.123 e. The zero-order chi connectivity index (χ0) is 10.1. The zero-order valence-corrected chi connectivity index (χ0v) is 8.23. The minimum Gasteiger partial charge on any atom is -0.384 e. The monoisotopic (exact) mass is 188 g/mol. The van der Waals surface area contributed by atoms with Gasteiger partial charge in [0.1, 0.15) is 5.82 Å². The molecular weight excluding hydrogens is 176 g/mol. The number of hydrogen-bond donors (Lipinski definition) is 1. The molecule has 0 aliphatic carbocycles. The van der Waals surface area contributed by atoms with Crippen LogP contribution in [0.1, 0.15) is 5.69 Å². The van der Waals surface area contributed by atoms with Crippen molar-refractivity contribution in [3.63, 3.8) is 0 Å². The van der Waals surface area contributed by atoms with Gasteiger partial charge in [0.05, 0.1) is 5.69 Å². The summed E-state index contributed by atoms with van der Waals surface area (Å²) in [5.74, 6) is 0.533. The maximum atomic E-state index is 5.61. The molecule has 0 amide bonds. The summed E-state index contributed by atoms with van der Waals surface area (Å²) in [7, 11) is 1.90. The first-order valence-electron chi connectivity index (χ1n) is 4.39. The van der Waals surface area contributed by atoms with Crippen molar-refractivity contribution in [1.29, 1.82) is 0 Å². The molecule has 2 N–H and O–H groups in total. The average molecular weight is 188 g/mol. The SMILES string of the molecule is Cc1nn(C)cc1-c1ccnc(N)c1. The van der Waals surface area contributed by atoms with Gasteiger partial charge in [-0.15, -0.1) is 0 Å². The van der Waals surface area contributed by atoms with Crippen LogP contribution in [0.4, 0.5) is 5.82 Å². The van der Waals surface area contributed by atoms with Gasteiger partial charge in [-0.25, -0.2) is 4.98 Å². The van der Waals surface area contributed by atoms with E-state index < -0.39 is 0 Å². The van der Waals surface area contributed by atoms with Gasteiger partial charge in [-0.3, -0.25) is 4.68 Å². The highest BCUT2D eigenvalue weighted by atomic mass is 15.2. The number of anilines is 1. The van der Waals surface area contributed by atoms with E-state index in [0.717, 1.165) is 16.8 Å². The van der Waals surface area contributed by atoms with E-state index in [1.165, 1.54) is 0 Å². The van der Waals surface area contributed by atoms with Crippen LogP contribution in [0.5, 0.6) is 0 Å². The Morgan fingerprint density at radius 2 is 2.21 bits per heavy atom. The lowest BCUT2D eigenvalue weighted by Gasteiger charge is -1.98. The highest BCUT2D eigenvalue weighted by Gasteiger charge is 2.05. The lowest BCUT2D eigenvalue weighted by molar-refractivity contribution is 0.756. The van der Waals surface area contributed by atoms with Gasteiger partial charge in [0.25, 0.3) is 0 Å². The summed E-state index contributed by atoms with van der Waals surface area (Å²) >= 11 is 0. The van der Waals surface area contributed by atoms with Gasteiger partial charge in [-0.05, 0) is 24.6 Å². The lowest BCUT2D eigenvalue weighted by atomic mass is 10.1. The molecule has 0 fully saturated rings. The Bertz CT molecular complexity index is 459. The fraction of sp³-hybridized carbons (Fsp3) is 0.200. The Kier molecular flexibility index (Phi) is 1.96. The molecule has 0 aliphatic heterocycles. The van der Waals surface area contributed by atoms with Crippen molar-refractivity contribution in [2.24, 2.45) is 7.05 Å². The van der Waals surface area contributed by atoms with E-state index in [1.807, 2.05) is 32.3 Å². The Hall–Kier alpha value is -1.84. The first-order chi connectivity index (χ1) is 6.66. The van der Waals surface area contributed by atoms with E-state index >= 15 is 0 Å². The third kappa shape index (κ3) is 1.46. The van der Waals surface area contributed by atoms with Crippen molar-refractivity contribution < 1.29 is 0 Å². The van der Waals surface area contributed by atoms with Crippen LogP contribution in [0.2, 0.25) is 0 Å². The quantitative estimate of drug-likeness (QED) is 0.735. The van der Waals surface area contributed by atoms with Gasteiger partial charge in [-0.1, -0.05) is 0 Å².